The summed E-state index contributed by atoms with van der Waals surface area (Å²) >= 11 is 0. The molecule has 3 fully saturated rings. The van der Waals surface area contributed by atoms with Crippen LogP contribution in [0.1, 0.15) is 25.2 Å². The van der Waals surface area contributed by atoms with Crippen LogP contribution in [0.4, 0.5) is 0 Å². The molecule has 0 aliphatic carbocycles. The molecule has 0 saturated carbocycles. The second-order valence-corrected chi connectivity index (χ2v) is 6.53. The Kier molecular flexibility index (Phi) is 4.39. The molecule has 1 aromatic carbocycles. The van der Waals surface area contributed by atoms with Crippen molar-refractivity contribution in [1.82, 2.24) is 4.90 Å². The minimum Gasteiger partial charge on any atom is -0.356 e. The number of rotatable bonds is 3. The first-order valence-corrected chi connectivity index (χ1v) is 8.56. The molecule has 5 heteroatoms. The Labute approximate surface area is 137 Å². The highest BCUT2D eigenvalue weighted by atomic mass is 16.7. The lowest BCUT2D eigenvalue weighted by atomic mass is 9.88. The third-order valence-corrected chi connectivity index (χ3v) is 5.37. The molecule has 0 bridgehead atoms. The third kappa shape index (κ3) is 2.71. The van der Waals surface area contributed by atoms with E-state index in [0.29, 0.717) is 18.6 Å². The minimum absolute atomic E-state index is 0.0350. The van der Waals surface area contributed by atoms with Crippen molar-refractivity contribution in [2.45, 2.75) is 44.2 Å². The molecule has 3 aliphatic heterocycles. The maximum atomic E-state index is 6.37. The minimum atomic E-state index is -0.305. The van der Waals surface area contributed by atoms with Gasteiger partial charge in [-0.05, 0) is 19.5 Å². The molecule has 0 amide bonds. The highest BCUT2D eigenvalue weighted by molar-refractivity contribution is 5.17. The third-order valence-electron chi connectivity index (χ3n) is 5.37. The van der Waals surface area contributed by atoms with E-state index in [1.165, 1.54) is 0 Å². The smallest absolute Gasteiger partial charge is 0.184 e. The number of likely N-dealkylation sites (N-methyl/N-ethyl adjacent to an activating group) is 1. The van der Waals surface area contributed by atoms with Crippen LogP contribution in [0.25, 0.3) is 0 Å². The van der Waals surface area contributed by atoms with E-state index in [-0.39, 0.29) is 24.8 Å². The fraction of sp³-hybridized carbons (Fsp3) is 0.667. The van der Waals surface area contributed by atoms with Gasteiger partial charge in [0.2, 0.25) is 0 Å². The lowest BCUT2D eigenvalue weighted by Crippen LogP contribution is -2.61. The number of ether oxygens (including phenoxy) is 4. The van der Waals surface area contributed by atoms with Crippen molar-refractivity contribution < 1.29 is 18.9 Å². The summed E-state index contributed by atoms with van der Waals surface area (Å²) in [7, 11) is 1.73. The fourth-order valence-electron chi connectivity index (χ4n) is 4.28. The van der Waals surface area contributed by atoms with Gasteiger partial charge in [0.15, 0.2) is 12.6 Å². The summed E-state index contributed by atoms with van der Waals surface area (Å²) in [5.74, 6) is 0.371. The number of hydrogen-bond acceptors (Lipinski definition) is 5. The van der Waals surface area contributed by atoms with Crippen LogP contribution in [0, 0.1) is 5.92 Å². The van der Waals surface area contributed by atoms with Gasteiger partial charge in [0.1, 0.15) is 12.2 Å². The molecular formula is C18H25NO4. The Morgan fingerprint density at radius 1 is 1.22 bits per heavy atom. The number of hydrogen-bond donors (Lipinski definition) is 0. The number of methoxy groups -OCH3 is 1. The lowest BCUT2D eigenvalue weighted by Gasteiger charge is -2.49. The molecule has 0 unspecified atom stereocenters. The van der Waals surface area contributed by atoms with Gasteiger partial charge in [-0.15, -0.1) is 0 Å². The molecule has 0 radical (unpaired) electrons. The Morgan fingerprint density at radius 3 is 2.78 bits per heavy atom. The van der Waals surface area contributed by atoms with E-state index in [1.54, 1.807) is 7.11 Å². The molecule has 1 aromatic rings. The first-order chi connectivity index (χ1) is 11.3. The van der Waals surface area contributed by atoms with E-state index in [1.807, 2.05) is 18.2 Å². The van der Waals surface area contributed by atoms with Crippen molar-refractivity contribution in [3.8, 4) is 0 Å². The molecular weight excluding hydrogens is 294 g/mol. The normalized spacial score (nSPS) is 40.6. The van der Waals surface area contributed by atoms with Crippen LogP contribution >= 0.6 is 0 Å². The fourth-order valence-corrected chi connectivity index (χ4v) is 4.28. The highest BCUT2D eigenvalue weighted by Gasteiger charge is 2.54. The summed E-state index contributed by atoms with van der Waals surface area (Å²) in [6, 6.07) is 10.5. The van der Waals surface area contributed by atoms with Crippen molar-refractivity contribution in [3.05, 3.63) is 35.9 Å². The predicted octanol–water partition coefficient (Wildman–Crippen LogP) is 2.18. The van der Waals surface area contributed by atoms with E-state index >= 15 is 0 Å². The summed E-state index contributed by atoms with van der Waals surface area (Å²) in [4.78, 5) is 2.50. The topological polar surface area (TPSA) is 40.2 Å². The number of benzene rings is 1. The molecule has 6 atom stereocenters. The second-order valence-electron chi connectivity index (χ2n) is 6.53. The monoisotopic (exact) mass is 319 g/mol. The molecule has 3 heterocycles. The number of nitrogens with zero attached hydrogens (tertiary/aromatic N) is 1. The van der Waals surface area contributed by atoms with E-state index < -0.39 is 0 Å². The maximum absolute atomic E-state index is 6.37. The van der Waals surface area contributed by atoms with Crippen molar-refractivity contribution in [2.24, 2.45) is 5.92 Å². The zero-order valence-corrected chi connectivity index (χ0v) is 13.8. The predicted molar refractivity (Wildman–Crippen MR) is 84.8 cm³/mol. The van der Waals surface area contributed by atoms with E-state index in [0.717, 1.165) is 25.1 Å². The number of likely N-dealkylation sites (tertiary alicyclic amines) is 1. The molecule has 0 N–H and O–H groups in total. The van der Waals surface area contributed by atoms with Crippen molar-refractivity contribution in [2.75, 3.05) is 26.8 Å². The van der Waals surface area contributed by atoms with Gasteiger partial charge in [-0.1, -0.05) is 37.3 Å². The molecule has 0 aromatic heterocycles. The Hall–Kier alpha value is -0.980. The average Bonchev–Trinajstić information content (AvgIpc) is 3.06. The lowest BCUT2D eigenvalue weighted by molar-refractivity contribution is -0.336. The van der Waals surface area contributed by atoms with Crippen LogP contribution in [-0.2, 0) is 18.9 Å². The zero-order valence-electron chi connectivity index (χ0n) is 13.8. The van der Waals surface area contributed by atoms with Gasteiger partial charge in [-0.25, -0.2) is 0 Å². The average molecular weight is 319 g/mol. The summed E-state index contributed by atoms with van der Waals surface area (Å²) in [5, 5.41) is 0. The van der Waals surface area contributed by atoms with Gasteiger partial charge in [0.25, 0.3) is 0 Å². The first kappa shape index (κ1) is 15.5. The number of fused-ring (bicyclic) bond motifs is 3. The summed E-state index contributed by atoms with van der Waals surface area (Å²) < 4.78 is 24.0. The Morgan fingerprint density at radius 2 is 2.04 bits per heavy atom. The Balaban J connectivity index is 1.58. The molecule has 5 nitrogen and oxygen atoms in total. The summed E-state index contributed by atoms with van der Waals surface area (Å²) in [5.41, 5.74) is 1.07. The van der Waals surface area contributed by atoms with Crippen LogP contribution in [0.5, 0.6) is 0 Å². The standard InChI is InChI=1S/C18H25NO4/c1-3-19-10-9-13-15(19)16-14(22-18(13)20-2)11-21-17(23-16)12-7-5-4-6-8-12/h4-8,13-18H,3,9-11H2,1-2H3/t13-,14-,15+,16-,17-,18+/m1/s1. The van der Waals surface area contributed by atoms with Gasteiger partial charge < -0.3 is 18.9 Å². The zero-order chi connectivity index (χ0) is 15.8. The molecule has 126 valence electrons. The van der Waals surface area contributed by atoms with Gasteiger partial charge in [0.05, 0.1) is 6.61 Å². The van der Waals surface area contributed by atoms with Crippen molar-refractivity contribution in [3.63, 3.8) is 0 Å². The SMILES string of the molecule is CCN1CC[C@H]2[C@@H](OC)O[C@@H]3CO[C@@H](c4ccccc4)O[C@H]3[C@H]21. The van der Waals surface area contributed by atoms with Crippen molar-refractivity contribution in [1.29, 1.82) is 0 Å². The first-order valence-electron chi connectivity index (χ1n) is 8.56. The van der Waals surface area contributed by atoms with E-state index in [2.05, 4.69) is 24.0 Å². The summed E-state index contributed by atoms with van der Waals surface area (Å²) in [6.45, 7) is 4.87. The largest absolute Gasteiger partial charge is 0.356 e. The highest BCUT2D eigenvalue weighted by Crippen LogP contribution is 2.42. The molecule has 23 heavy (non-hydrogen) atoms. The van der Waals surface area contributed by atoms with Crippen LogP contribution in [0.15, 0.2) is 30.3 Å². The molecule has 3 aliphatic rings. The Bertz CT molecular complexity index is 525. The second kappa shape index (κ2) is 6.49. The van der Waals surface area contributed by atoms with Crippen LogP contribution in [-0.4, -0.2) is 56.2 Å². The van der Waals surface area contributed by atoms with Gasteiger partial charge in [-0.2, -0.15) is 0 Å². The molecule has 0 spiro atoms. The van der Waals surface area contributed by atoms with Crippen LogP contribution in [0.2, 0.25) is 0 Å². The van der Waals surface area contributed by atoms with Crippen molar-refractivity contribution >= 4 is 0 Å². The maximum Gasteiger partial charge on any atom is 0.184 e. The van der Waals surface area contributed by atoms with Crippen LogP contribution < -0.4 is 0 Å². The van der Waals surface area contributed by atoms with Gasteiger partial charge in [-0.3, -0.25) is 4.90 Å². The molecule has 4 rings (SSSR count). The summed E-state index contributed by atoms with van der Waals surface area (Å²) in [6.07, 6.45) is 0.611. The molecule has 3 saturated heterocycles. The van der Waals surface area contributed by atoms with E-state index in [9.17, 15) is 0 Å². The van der Waals surface area contributed by atoms with Gasteiger partial charge >= 0.3 is 0 Å². The van der Waals surface area contributed by atoms with E-state index in [4.69, 9.17) is 18.9 Å². The quantitative estimate of drug-likeness (QED) is 0.854. The van der Waals surface area contributed by atoms with Gasteiger partial charge in [0, 0.05) is 24.6 Å². The van der Waals surface area contributed by atoms with Crippen LogP contribution in [0.3, 0.4) is 0 Å².